The highest BCUT2D eigenvalue weighted by Crippen LogP contribution is 2.37. The fourth-order valence-electron chi connectivity index (χ4n) is 4.75. The zero-order valence-electron chi connectivity index (χ0n) is 18.3. The molecule has 1 aliphatic rings. The van der Waals surface area contributed by atoms with E-state index < -0.39 is 5.97 Å². The van der Waals surface area contributed by atoms with Crippen molar-refractivity contribution in [3.63, 3.8) is 0 Å². The molecule has 3 aromatic rings. The average molecular weight is 417 g/mol. The Kier molecular flexibility index (Phi) is 6.91. The fourth-order valence-corrected chi connectivity index (χ4v) is 4.75. The van der Waals surface area contributed by atoms with Crippen LogP contribution >= 0.6 is 0 Å². The Hall–Kier alpha value is -2.81. The van der Waals surface area contributed by atoms with Crippen molar-refractivity contribution < 1.29 is 14.6 Å². The van der Waals surface area contributed by atoms with Crippen LogP contribution in [0.4, 0.5) is 0 Å². The van der Waals surface area contributed by atoms with Crippen molar-refractivity contribution in [3.05, 3.63) is 66.2 Å². The van der Waals surface area contributed by atoms with Gasteiger partial charge in [0.05, 0.1) is 12.5 Å². The molecule has 3 aromatic carbocycles. The molecular formula is C28H32O3. The van der Waals surface area contributed by atoms with E-state index in [1.807, 2.05) is 19.1 Å². The minimum atomic E-state index is -0.730. The fraction of sp³-hybridized carbons (Fsp3) is 0.393. The molecule has 0 amide bonds. The van der Waals surface area contributed by atoms with Gasteiger partial charge in [0.1, 0.15) is 5.75 Å². The summed E-state index contributed by atoms with van der Waals surface area (Å²) in [6.07, 6.45) is 7.60. The number of carbonyl (C=O) groups is 1. The summed E-state index contributed by atoms with van der Waals surface area (Å²) < 4.78 is 6.40. The number of fused-ring (bicyclic) bond motifs is 1. The van der Waals surface area contributed by atoms with Crippen LogP contribution in [-0.2, 0) is 11.2 Å². The van der Waals surface area contributed by atoms with E-state index in [2.05, 4.69) is 48.5 Å². The molecule has 1 aliphatic carbocycles. The summed E-state index contributed by atoms with van der Waals surface area (Å²) in [5.74, 6) is 0.431. The maximum absolute atomic E-state index is 11.6. The van der Waals surface area contributed by atoms with Crippen LogP contribution in [0.5, 0.6) is 5.75 Å². The minimum Gasteiger partial charge on any atom is -0.493 e. The molecule has 3 nitrogen and oxygen atoms in total. The molecule has 1 N–H and O–H groups in total. The van der Waals surface area contributed by atoms with E-state index >= 15 is 0 Å². The lowest BCUT2D eigenvalue weighted by atomic mass is 9.90. The van der Waals surface area contributed by atoms with Crippen LogP contribution in [0, 0.1) is 11.8 Å². The Morgan fingerprint density at radius 2 is 1.77 bits per heavy atom. The van der Waals surface area contributed by atoms with Crippen LogP contribution in [0.3, 0.4) is 0 Å². The first-order chi connectivity index (χ1) is 15.2. The van der Waals surface area contributed by atoms with E-state index in [0.717, 1.165) is 29.0 Å². The molecule has 0 heterocycles. The maximum Gasteiger partial charge on any atom is 0.306 e. The largest absolute Gasteiger partial charge is 0.493 e. The summed E-state index contributed by atoms with van der Waals surface area (Å²) in [5, 5.41) is 11.9. The second-order valence-corrected chi connectivity index (χ2v) is 8.82. The third-order valence-electron chi connectivity index (χ3n) is 6.65. The molecule has 162 valence electrons. The van der Waals surface area contributed by atoms with Crippen molar-refractivity contribution in [2.24, 2.45) is 11.8 Å². The molecular weight excluding hydrogens is 384 g/mol. The van der Waals surface area contributed by atoms with Gasteiger partial charge in [-0.2, -0.15) is 0 Å². The number of rotatable bonds is 8. The van der Waals surface area contributed by atoms with E-state index in [1.165, 1.54) is 42.9 Å². The first-order valence-electron chi connectivity index (χ1n) is 11.6. The Labute approximate surface area is 185 Å². The monoisotopic (exact) mass is 416 g/mol. The lowest BCUT2D eigenvalue weighted by molar-refractivity contribution is -0.141. The number of carboxylic acids is 1. The van der Waals surface area contributed by atoms with Gasteiger partial charge in [-0.3, -0.25) is 4.79 Å². The summed E-state index contributed by atoms with van der Waals surface area (Å²) in [6.45, 7) is 2.69. The maximum atomic E-state index is 11.6. The zero-order chi connectivity index (χ0) is 21.6. The van der Waals surface area contributed by atoms with E-state index in [-0.39, 0.29) is 5.92 Å². The van der Waals surface area contributed by atoms with Gasteiger partial charge in [-0.1, -0.05) is 74.7 Å². The smallest absolute Gasteiger partial charge is 0.306 e. The number of benzene rings is 3. The summed E-state index contributed by atoms with van der Waals surface area (Å²) in [6, 6.07) is 21.0. The van der Waals surface area contributed by atoms with Gasteiger partial charge in [0, 0.05) is 5.56 Å². The van der Waals surface area contributed by atoms with Crippen molar-refractivity contribution in [1.29, 1.82) is 0 Å². The number of aliphatic carboxylic acids is 1. The molecule has 31 heavy (non-hydrogen) atoms. The lowest BCUT2D eigenvalue weighted by Gasteiger charge is -2.23. The van der Waals surface area contributed by atoms with Gasteiger partial charge < -0.3 is 9.84 Å². The molecule has 0 bridgehead atoms. The number of hydrogen-bond acceptors (Lipinski definition) is 2. The molecule has 1 fully saturated rings. The minimum absolute atomic E-state index is 0.366. The average Bonchev–Trinajstić information content (AvgIpc) is 2.81. The molecule has 0 saturated heterocycles. The first-order valence-corrected chi connectivity index (χ1v) is 11.6. The standard InChI is InChI=1S/C28H32O3/c1-2-22(28(29)30)17-21-15-16-27(31-19-20-9-4-3-5-10-20)26(18-21)25-14-8-12-23-11-6-7-13-24(23)25/h6-8,11-16,18,20,22H,2-5,9-10,17,19H2,1H3,(H,29,30). The van der Waals surface area contributed by atoms with Gasteiger partial charge in [0.2, 0.25) is 0 Å². The topological polar surface area (TPSA) is 46.5 Å². The second-order valence-electron chi connectivity index (χ2n) is 8.82. The molecule has 1 atom stereocenters. The van der Waals surface area contributed by atoms with Gasteiger partial charge in [0.15, 0.2) is 0 Å². The van der Waals surface area contributed by atoms with Gasteiger partial charge >= 0.3 is 5.97 Å². The van der Waals surface area contributed by atoms with Gasteiger partial charge in [-0.15, -0.1) is 0 Å². The van der Waals surface area contributed by atoms with Crippen molar-refractivity contribution in [2.75, 3.05) is 6.61 Å². The van der Waals surface area contributed by atoms with Crippen LogP contribution < -0.4 is 4.74 Å². The van der Waals surface area contributed by atoms with Gasteiger partial charge in [-0.05, 0) is 65.6 Å². The normalized spacial score (nSPS) is 15.6. The zero-order valence-corrected chi connectivity index (χ0v) is 18.3. The van der Waals surface area contributed by atoms with Crippen LogP contribution in [0.1, 0.15) is 51.0 Å². The molecule has 3 heteroatoms. The van der Waals surface area contributed by atoms with Gasteiger partial charge in [0.25, 0.3) is 0 Å². The van der Waals surface area contributed by atoms with E-state index in [0.29, 0.717) is 18.8 Å². The molecule has 0 spiro atoms. The Balaban J connectivity index is 1.71. The van der Waals surface area contributed by atoms with Gasteiger partial charge in [-0.25, -0.2) is 0 Å². The molecule has 1 saturated carbocycles. The summed E-state index contributed by atoms with van der Waals surface area (Å²) in [7, 11) is 0. The van der Waals surface area contributed by atoms with Crippen molar-refractivity contribution >= 4 is 16.7 Å². The molecule has 0 aromatic heterocycles. The third-order valence-corrected chi connectivity index (χ3v) is 6.65. The highest BCUT2D eigenvalue weighted by atomic mass is 16.5. The lowest BCUT2D eigenvalue weighted by Crippen LogP contribution is -2.16. The molecule has 0 radical (unpaired) electrons. The quantitative estimate of drug-likeness (QED) is 0.425. The Morgan fingerprint density at radius 3 is 2.55 bits per heavy atom. The molecule has 4 rings (SSSR count). The number of hydrogen-bond donors (Lipinski definition) is 1. The predicted molar refractivity (Wildman–Crippen MR) is 127 cm³/mol. The summed E-state index contributed by atoms with van der Waals surface area (Å²) in [5.41, 5.74) is 3.24. The van der Waals surface area contributed by atoms with Crippen LogP contribution in [-0.4, -0.2) is 17.7 Å². The molecule has 1 unspecified atom stereocenters. The van der Waals surface area contributed by atoms with Crippen molar-refractivity contribution in [3.8, 4) is 16.9 Å². The second kappa shape index (κ2) is 10.00. The number of carboxylic acid groups (broad SMARTS) is 1. The van der Waals surface area contributed by atoms with Crippen LogP contribution in [0.15, 0.2) is 60.7 Å². The first kappa shape index (κ1) is 21.4. The number of ether oxygens (including phenoxy) is 1. The summed E-state index contributed by atoms with van der Waals surface area (Å²) >= 11 is 0. The summed E-state index contributed by atoms with van der Waals surface area (Å²) in [4.78, 5) is 11.6. The van der Waals surface area contributed by atoms with E-state index in [9.17, 15) is 9.90 Å². The SMILES string of the molecule is CCC(Cc1ccc(OCC2CCCCC2)c(-c2cccc3ccccc23)c1)C(=O)O. The Morgan fingerprint density at radius 1 is 1.00 bits per heavy atom. The van der Waals surface area contributed by atoms with E-state index in [1.54, 1.807) is 0 Å². The van der Waals surface area contributed by atoms with E-state index in [4.69, 9.17) is 4.74 Å². The van der Waals surface area contributed by atoms with Crippen LogP contribution in [0.25, 0.3) is 21.9 Å². The van der Waals surface area contributed by atoms with Crippen molar-refractivity contribution in [1.82, 2.24) is 0 Å². The highest BCUT2D eigenvalue weighted by molar-refractivity contribution is 5.98. The Bertz CT molecular complexity index is 1030. The van der Waals surface area contributed by atoms with Crippen LogP contribution in [0.2, 0.25) is 0 Å². The third kappa shape index (κ3) is 5.10. The van der Waals surface area contributed by atoms with Crippen molar-refractivity contribution in [2.45, 2.75) is 51.9 Å². The highest BCUT2D eigenvalue weighted by Gasteiger charge is 2.19. The predicted octanol–water partition coefficient (Wildman–Crippen LogP) is 7.12. The molecule has 0 aliphatic heterocycles.